The minimum atomic E-state index is -0.868. The van der Waals surface area contributed by atoms with Crippen molar-refractivity contribution >= 4 is 0 Å². The highest BCUT2D eigenvalue weighted by molar-refractivity contribution is 5.30. The average Bonchev–Trinajstić information content (AvgIpc) is 2.58. The van der Waals surface area contributed by atoms with Crippen LogP contribution in [0.1, 0.15) is 11.1 Å². The molecule has 4 heteroatoms. The van der Waals surface area contributed by atoms with Crippen molar-refractivity contribution in [2.75, 3.05) is 19.7 Å². The molecule has 1 atom stereocenters. The Labute approximate surface area is 135 Å². The van der Waals surface area contributed by atoms with Crippen molar-refractivity contribution in [1.29, 1.82) is 0 Å². The summed E-state index contributed by atoms with van der Waals surface area (Å²) >= 11 is 0. The van der Waals surface area contributed by atoms with E-state index in [9.17, 15) is 8.78 Å². The van der Waals surface area contributed by atoms with Gasteiger partial charge >= 0.3 is 0 Å². The summed E-state index contributed by atoms with van der Waals surface area (Å²) in [4.78, 5) is 2.24. The lowest BCUT2D eigenvalue weighted by molar-refractivity contribution is -0.0858. The van der Waals surface area contributed by atoms with E-state index < -0.39 is 17.2 Å². The standard InChI is InChI=1S/C19H19F2NO/c1-2-19(16-8-9-17(20)18(21)12-16)14-22(10-11-23-19)13-15-6-4-3-5-7-15/h2-9,12H,1,10-11,13-14H2. The van der Waals surface area contributed by atoms with Gasteiger partial charge in [0, 0.05) is 19.6 Å². The second-order valence-corrected chi connectivity index (χ2v) is 5.77. The summed E-state index contributed by atoms with van der Waals surface area (Å²) in [6.07, 6.45) is 1.68. The number of halogens is 2. The summed E-state index contributed by atoms with van der Waals surface area (Å²) in [7, 11) is 0. The number of morpholine rings is 1. The predicted molar refractivity (Wildman–Crippen MR) is 85.9 cm³/mol. The molecule has 0 N–H and O–H groups in total. The molecular weight excluding hydrogens is 296 g/mol. The third-order valence-corrected chi connectivity index (χ3v) is 4.21. The van der Waals surface area contributed by atoms with Crippen LogP contribution < -0.4 is 0 Å². The van der Waals surface area contributed by atoms with Crippen LogP contribution in [0.15, 0.2) is 61.2 Å². The summed E-state index contributed by atoms with van der Waals surface area (Å²) in [5.41, 5.74) is 0.975. The Bertz CT molecular complexity index is 689. The number of nitrogens with zero attached hydrogens (tertiary/aromatic N) is 1. The monoisotopic (exact) mass is 315 g/mol. The lowest BCUT2D eigenvalue weighted by Crippen LogP contribution is -2.48. The Morgan fingerprint density at radius 1 is 1.13 bits per heavy atom. The highest BCUT2D eigenvalue weighted by Gasteiger charge is 2.36. The topological polar surface area (TPSA) is 12.5 Å². The van der Waals surface area contributed by atoms with Crippen LogP contribution in [0.25, 0.3) is 0 Å². The molecule has 0 bridgehead atoms. The molecule has 0 spiro atoms. The molecule has 23 heavy (non-hydrogen) atoms. The van der Waals surface area contributed by atoms with Gasteiger partial charge in [-0.05, 0) is 23.3 Å². The van der Waals surface area contributed by atoms with Gasteiger partial charge in [-0.3, -0.25) is 4.90 Å². The van der Waals surface area contributed by atoms with E-state index in [1.54, 1.807) is 12.1 Å². The van der Waals surface area contributed by atoms with Crippen LogP contribution >= 0.6 is 0 Å². The lowest BCUT2D eigenvalue weighted by atomic mass is 9.91. The van der Waals surface area contributed by atoms with E-state index in [4.69, 9.17) is 4.74 Å². The van der Waals surface area contributed by atoms with Gasteiger partial charge < -0.3 is 4.74 Å². The van der Waals surface area contributed by atoms with E-state index in [2.05, 4.69) is 23.6 Å². The summed E-state index contributed by atoms with van der Waals surface area (Å²) in [6.45, 7) is 6.49. The zero-order valence-electron chi connectivity index (χ0n) is 12.8. The summed E-state index contributed by atoms with van der Waals surface area (Å²) < 4.78 is 32.7. The van der Waals surface area contributed by atoms with Crippen LogP contribution in [0.2, 0.25) is 0 Å². The SMILES string of the molecule is C=CC1(c2ccc(F)c(F)c2)CN(Cc2ccccc2)CCO1. The van der Waals surface area contributed by atoms with E-state index in [-0.39, 0.29) is 0 Å². The van der Waals surface area contributed by atoms with Gasteiger partial charge in [0.25, 0.3) is 0 Å². The minimum absolute atomic E-state index is 0.512. The second-order valence-electron chi connectivity index (χ2n) is 5.77. The van der Waals surface area contributed by atoms with E-state index in [1.165, 1.54) is 11.6 Å². The van der Waals surface area contributed by atoms with E-state index in [0.717, 1.165) is 19.2 Å². The minimum Gasteiger partial charge on any atom is -0.363 e. The van der Waals surface area contributed by atoms with E-state index in [0.29, 0.717) is 18.7 Å². The van der Waals surface area contributed by atoms with Crippen molar-refractivity contribution in [3.8, 4) is 0 Å². The van der Waals surface area contributed by atoms with Crippen LogP contribution in [0.3, 0.4) is 0 Å². The molecule has 0 amide bonds. The van der Waals surface area contributed by atoms with Crippen molar-refractivity contribution in [3.63, 3.8) is 0 Å². The van der Waals surface area contributed by atoms with Gasteiger partial charge in [0.15, 0.2) is 11.6 Å². The van der Waals surface area contributed by atoms with Crippen molar-refractivity contribution in [2.45, 2.75) is 12.1 Å². The number of hydrogen-bond donors (Lipinski definition) is 0. The smallest absolute Gasteiger partial charge is 0.159 e. The predicted octanol–water partition coefficient (Wildman–Crippen LogP) is 3.88. The number of ether oxygens (including phenoxy) is 1. The fourth-order valence-electron chi connectivity index (χ4n) is 2.97. The number of hydrogen-bond acceptors (Lipinski definition) is 2. The normalized spacial score (nSPS) is 22.0. The van der Waals surface area contributed by atoms with Gasteiger partial charge in [0.2, 0.25) is 0 Å². The fraction of sp³-hybridized carbons (Fsp3) is 0.263. The summed E-state index contributed by atoms with van der Waals surface area (Å²) in [5, 5.41) is 0. The Morgan fingerprint density at radius 3 is 2.61 bits per heavy atom. The zero-order chi connectivity index (χ0) is 16.3. The van der Waals surface area contributed by atoms with Gasteiger partial charge in [-0.2, -0.15) is 0 Å². The molecule has 1 aliphatic rings. The van der Waals surface area contributed by atoms with Crippen molar-refractivity contribution in [2.24, 2.45) is 0 Å². The summed E-state index contributed by atoms with van der Waals surface area (Å²) in [5.74, 6) is -1.72. The van der Waals surface area contributed by atoms with Gasteiger partial charge in [-0.1, -0.05) is 49.1 Å². The van der Waals surface area contributed by atoms with Crippen LogP contribution in [0, 0.1) is 11.6 Å². The maximum atomic E-state index is 13.6. The van der Waals surface area contributed by atoms with Gasteiger partial charge in [0.05, 0.1) is 6.61 Å². The molecule has 1 heterocycles. The Hall–Kier alpha value is -2.04. The molecule has 1 fully saturated rings. The Morgan fingerprint density at radius 2 is 1.91 bits per heavy atom. The van der Waals surface area contributed by atoms with Crippen LogP contribution in [0.5, 0.6) is 0 Å². The molecule has 1 saturated heterocycles. The van der Waals surface area contributed by atoms with E-state index >= 15 is 0 Å². The van der Waals surface area contributed by atoms with Crippen LogP contribution in [0.4, 0.5) is 8.78 Å². The van der Waals surface area contributed by atoms with Crippen molar-refractivity contribution in [1.82, 2.24) is 4.90 Å². The summed E-state index contributed by atoms with van der Waals surface area (Å²) in [6, 6.07) is 14.0. The fourth-order valence-corrected chi connectivity index (χ4v) is 2.97. The van der Waals surface area contributed by atoms with Gasteiger partial charge in [-0.15, -0.1) is 0 Å². The lowest BCUT2D eigenvalue weighted by Gasteiger charge is -2.41. The van der Waals surface area contributed by atoms with Crippen LogP contribution in [-0.2, 0) is 16.9 Å². The molecule has 0 saturated carbocycles. The van der Waals surface area contributed by atoms with E-state index in [1.807, 2.05) is 18.2 Å². The molecule has 120 valence electrons. The first-order valence-electron chi connectivity index (χ1n) is 7.62. The maximum Gasteiger partial charge on any atom is 0.159 e. The van der Waals surface area contributed by atoms with Gasteiger partial charge in [0.1, 0.15) is 5.60 Å². The number of rotatable bonds is 4. The maximum absolute atomic E-state index is 13.6. The average molecular weight is 315 g/mol. The molecule has 1 unspecified atom stereocenters. The molecule has 0 aliphatic carbocycles. The molecule has 2 aromatic carbocycles. The first kappa shape index (κ1) is 15.8. The Kier molecular flexibility index (Phi) is 4.55. The first-order chi connectivity index (χ1) is 11.1. The first-order valence-corrected chi connectivity index (χ1v) is 7.62. The Balaban J connectivity index is 1.84. The third kappa shape index (κ3) is 3.33. The highest BCUT2D eigenvalue weighted by atomic mass is 19.2. The quantitative estimate of drug-likeness (QED) is 0.794. The van der Waals surface area contributed by atoms with Gasteiger partial charge in [-0.25, -0.2) is 8.78 Å². The highest BCUT2D eigenvalue weighted by Crippen LogP contribution is 2.32. The zero-order valence-corrected chi connectivity index (χ0v) is 12.8. The second kappa shape index (κ2) is 6.60. The molecule has 1 aliphatic heterocycles. The van der Waals surface area contributed by atoms with Crippen LogP contribution in [-0.4, -0.2) is 24.6 Å². The molecular formula is C19H19F2NO. The molecule has 0 radical (unpaired) electrons. The number of benzene rings is 2. The third-order valence-electron chi connectivity index (χ3n) is 4.21. The molecule has 0 aromatic heterocycles. The molecule has 3 rings (SSSR count). The molecule has 2 nitrogen and oxygen atoms in total. The van der Waals surface area contributed by atoms with Crippen molar-refractivity contribution < 1.29 is 13.5 Å². The molecule has 2 aromatic rings. The largest absolute Gasteiger partial charge is 0.363 e. The van der Waals surface area contributed by atoms with Crippen molar-refractivity contribution in [3.05, 3.63) is 83.9 Å².